The van der Waals surface area contributed by atoms with Gasteiger partial charge in [-0.15, -0.1) is 0 Å². The van der Waals surface area contributed by atoms with Gasteiger partial charge in [-0.05, 0) is 36.2 Å². The SMILES string of the molecule is Cc1c(CNc2cc(C(=O)NCCO)cc3ncc(N4CCOCC4)nc23)cccc1C(F)(F)F. The molecule has 0 saturated carbocycles. The van der Waals surface area contributed by atoms with Crippen molar-refractivity contribution in [1.82, 2.24) is 15.3 Å². The van der Waals surface area contributed by atoms with E-state index in [0.29, 0.717) is 60.0 Å². The molecular formula is C24H26F3N5O3. The van der Waals surface area contributed by atoms with Crippen molar-refractivity contribution < 1.29 is 27.8 Å². The van der Waals surface area contributed by atoms with Gasteiger partial charge in [-0.1, -0.05) is 12.1 Å². The lowest BCUT2D eigenvalue weighted by atomic mass is 10.0. The number of alkyl halides is 3. The smallest absolute Gasteiger partial charge is 0.395 e. The lowest BCUT2D eigenvalue weighted by Gasteiger charge is -2.27. The van der Waals surface area contributed by atoms with E-state index in [0.717, 1.165) is 6.07 Å². The van der Waals surface area contributed by atoms with Gasteiger partial charge in [0.15, 0.2) is 0 Å². The Morgan fingerprint density at radius 1 is 1.23 bits per heavy atom. The Bertz CT molecular complexity index is 1210. The van der Waals surface area contributed by atoms with Crippen LogP contribution in [0.15, 0.2) is 36.5 Å². The highest BCUT2D eigenvalue weighted by molar-refractivity contribution is 6.01. The van der Waals surface area contributed by atoms with E-state index in [-0.39, 0.29) is 25.3 Å². The van der Waals surface area contributed by atoms with E-state index in [1.807, 2.05) is 4.90 Å². The van der Waals surface area contributed by atoms with Crippen molar-refractivity contribution in [3.63, 3.8) is 0 Å². The fourth-order valence-corrected chi connectivity index (χ4v) is 3.96. The molecule has 1 fully saturated rings. The molecule has 11 heteroatoms. The molecule has 1 aliphatic heterocycles. The number of morpholine rings is 1. The number of halogens is 3. The second-order valence-corrected chi connectivity index (χ2v) is 8.14. The number of aliphatic hydroxyl groups is 1. The molecule has 0 bridgehead atoms. The van der Waals surface area contributed by atoms with Crippen LogP contribution in [0.25, 0.3) is 11.0 Å². The second kappa shape index (κ2) is 10.4. The number of rotatable bonds is 7. The Kier molecular flexibility index (Phi) is 7.37. The number of benzene rings is 2. The number of aromatic nitrogens is 2. The Balaban J connectivity index is 1.71. The van der Waals surface area contributed by atoms with Gasteiger partial charge in [0, 0.05) is 31.7 Å². The molecule has 3 N–H and O–H groups in total. The van der Waals surface area contributed by atoms with Gasteiger partial charge >= 0.3 is 6.18 Å². The van der Waals surface area contributed by atoms with E-state index in [1.54, 1.807) is 24.4 Å². The molecule has 1 saturated heterocycles. The Morgan fingerprint density at radius 2 is 2.00 bits per heavy atom. The van der Waals surface area contributed by atoms with Crippen LogP contribution in [-0.2, 0) is 17.5 Å². The van der Waals surface area contributed by atoms with Crippen LogP contribution in [0.5, 0.6) is 0 Å². The number of hydrogen-bond acceptors (Lipinski definition) is 7. The van der Waals surface area contributed by atoms with Crippen LogP contribution in [-0.4, -0.2) is 60.4 Å². The molecule has 4 rings (SSSR count). The molecule has 0 unspecified atom stereocenters. The summed E-state index contributed by atoms with van der Waals surface area (Å²) in [5, 5.41) is 14.8. The summed E-state index contributed by atoms with van der Waals surface area (Å²) in [6.45, 7) is 3.88. The molecule has 2 aromatic carbocycles. The fourth-order valence-electron chi connectivity index (χ4n) is 3.96. The number of nitrogens with one attached hydrogen (secondary N) is 2. The van der Waals surface area contributed by atoms with Crippen molar-refractivity contribution in [2.45, 2.75) is 19.6 Å². The second-order valence-electron chi connectivity index (χ2n) is 8.14. The molecule has 2 heterocycles. The Hall–Kier alpha value is -3.44. The van der Waals surface area contributed by atoms with Gasteiger partial charge in [0.1, 0.15) is 11.3 Å². The first kappa shape index (κ1) is 24.7. The van der Waals surface area contributed by atoms with Crippen molar-refractivity contribution in [2.24, 2.45) is 0 Å². The maximum atomic E-state index is 13.4. The highest BCUT2D eigenvalue weighted by atomic mass is 19.4. The van der Waals surface area contributed by atoms with Gasteiger partial charge in [0.05, 0.1) is 42.8 Å². The zero-order valence-corrected chi connectivity index (χ0v) is 19.2. The molecule has 0 aliphatic carbocycles. The summed E-state index contributed by atoms with van der Waals surface area (Å²) in [4.78, 5) is 23.8. The third kappa shape index (κ3) is 5.63. The summed E-state index contributed by atoms with van der Waals surface area (Å²) >= 11 is 0. The van der Waals surface area contributed by atoms with E-state index in [9.17, 15) is 18.0 Å². The largest absolute Gasteiger partial charge is 0.416 e. The third-order valence-electron chi connectivity index (χ3n) is 5.85. The molecule has 0 atom stereocenters. The molecule has 35 heavy (non-hydrogen) atoms. The number of aliphatic hydroxyl groups excluding tert-OH is 1. The van der Waals surface area contributed by atoms with E-state index in [4.69, 9.17) is 14.8 Å². The first-order valence-corrected chi connectivity index (χ1v) is 11.2. The predicted octanol–water partition coefficient (Wildman–Crippen LogP) is 3.13. The first-order chi connectivity index (χ1) is 16.8. The van der Waals surface area contributed by atoms with Gasteiger partial charge < -0.3 is 25.4 Å². The van der Waals surface area contributed by atoms with Crippen molar-refractivity contribution >= 4 is 28.4 Å². The zero-order valence-electron chi connectivity index (χ0n) is 19.2. The summed E-state index contributed by atoms with van der Waals surface area (Å²) in [6, 6.07) is 7.25. The predicted molar refractivity (Wildman–Crippen MR) is 125 cm³/mol. The molecule has 186 valence electrons. The number of carbonyl (C=O) groups is 1. The van der Waals surface area contributed by atoms with E-state index >= 15 is 0 Å². The summed E-state index contributed by atoms with van der Waals surface area (Å²) in [7, 11) is 0. The fraction of sp³-hybridized carbons (Fsp3) is 0.375. The molecule has 1 aromatic heterocycles. The van der Waals surface area contributed by atoms with Gasteiger partial charge in [-0.25, -0.2) is 4.98 Å². The third-order valence-corrected chi connectivity index (χ3v) is 5.85. The average molecular weight is 489 g/mol. The molecule has 1 aliphatic rings. The molecule has 8 nitrogen and oxygen atoms in total. The molecule has 1 amide bonds. The maximum absolute atomic E-state index is 13.4. The highest BCUT2D eigenvalue weighted by Crippen LogP contribution is 2.33. The van der Waals surface area contributed by atoms with Crippen LogP contribution >= 0.6 is 0 Å². The summed E-state index contributed by atoms with van der Waals surface area (Å²) < 4.78 is 45.4. The van der Waals surface area contributed by atoms with E-state index < -0.39 is 17.6 Å². The van der Waals surface area contributed by atoms with Crippen molar-refractivity contribution in [1.29, 1.82) is 0 Å². The van der Waals surface area contributed by atoms with Crippen LogP contribution in [0.3, 0.4) is 0 Å². The number of nitrogens with zero attached hydrogens (tertiary/aromatic N) is 3. The van der Waals surface area contributed by atoms with Gasteiger partial charge in [-0.3, -0.25) is 9.78 Å². The number of carbonyl (C=O) groups excluding carboxylic acids is 1. The molecule has 0 spiro atoms. The van der Waals surface area contributed by atoms with Crippen molar-refractivity contribution in [3.8, 4) is 0 Å². The van der Waals surface area contributed by atoms with Crippen LogP contribution < -0.4 is 15.5 Å². The van der Waals surface area contributed by atoms with E-state index in [2.05, 4.69) is 15.6 Å². The molecule has 0 radical (unpaired) electrons. The minimum absolute atomic E-state index is 0.0880. The Morgan fingerprint density at radius 3 is 2.71 bits per heavy atom. The van der Waals surface area contributed by atoms with E-state index in [1.165, 1.54) is 13.0 Å². The number of anilines is 2. The van der Waals surface area contributed by atoms with Crippen molar-refractivity contribution in [3.05, 3.63) is 58.8 Å². The van der Waals surface area contributed by atoms with Crippen LogP contribution in [0.4, 0.5) is 24.7 Å². The molecular weight excluding hydrogens is 463 g/mol. The lowest BCUT2D eigenvalue weighted by molar-refractivity contribution is -0.138. The van der Waals surface area contributed by atoms with Gasteiger partial charge in [-0.2, -0.15) is 13.2 Å². The normalized spacial score (nSPS) is 14.3. The summed E-state index contributed by atoms with van der Waals surface area (Å²) in [6.07, 6.45) is -2.82. The minimum atomic E-state index is -4.45. The number of fused-ring (bicyclic) bond motifs is 1. The van der Waals surface area contributed by atoms with Gasteiger partial charge in [0.25, 0.3) is 5.91 Å². The Labute approximate surface area is 200 Å². The zero-order chi connectivity index (χ0) is 25.0. The maximum Gasteiger partial charge on any atom is 0.416 e. The summed E-state index contributed by atoms with van der Waals surface area (Å²) in [5.74, 6) is 0.245. The van der Waals surface area contributed by atoms with Crippen molar-refractivity contribution in [2.75, 3.05) is 49.7 Å². The number of hydrogen-bond donors (Lipinski definition) is 3. The first-order valence-electron chi connectivity index (χ1n) is 11.2. The monoisotopic (exact) mass is 489 g/mol. The van der Waals surface area contributed by atoms with Crippen LogP contribution in [0.1, 0.15) is 27.0 Å². The quantitative estimate of drug-likeness (QED) is 0.469. The molecule has 3 aromatic rings. The number of amides is 1. The average Bonchev–Trinajstić information content (AvgIpc) is 2.85. The van der Waals surface area contributed by atoms with Gasteiger partial charge in [0.2, 0.25) is 0 Å². The van der Waals surface area contributed by atoms with Crippen LogP contribution in [0, 0.1) is 6.92 Å². The standard InChI is InChI=1S/C24H26F3N5O3/c1-15-16(3-2-4-18(15)24(25,26)27)13-29-19-11-17(23(34)28-5-8-33)12-20-22(19)31-21(14-30-20)32-6-9-35-10-7-32/h2-4,11-12,14,29,33H,5-10,13H2,1H3,(H,28,34). The minimum Gasteiger partial charge on any atom is -0.395 e. The highest BCUT2D eigenvalue weighted by Gasteiger charge is 2.32. The topological polar surface area (TPSA) is 99.6 Å². The van der Waals surface area contributed by atoms with Crippen LogP contribution in [0.2, 0.25) is 0 Å². The lowest BCUT2D eigenvalue weighted by Crippen LogP contribution is -2.36. The summed E-state index contributed by atoms with van der Waals surface area (Å²) in [5.41, 5.74) is 1.64. The number of ether oxygens (including phenoxy) is 1.